The Balaban J connectivity index is 1.77. The third kappa shape index (κ3) is 4.05. The van der Waals surface area contributed by atoms with Gasteiger partial charge in [0.25, 0.3) is 0 Å². The van der Waals surface area contributed by atoms with Gasteiger partial charge in [-0.1, -0.05) is 13.0 Å². The van der Waals surface area contributed by atoms with Crippen molar-refractivity contribution in [1.82, 2.24) is 0 Å². The van der Waals surface area contributed by atoms with Crippen LogP contribution in [0.4, 0.5) is 20.2 Å². The van der Waals surface area contributed by atoms with Gasteiger partial charge in [-0.25, -0.2) is 8.42 Å². The molecule has 0 saturated carbocycles. The number of alkyl halides is 2. The highest BCUT2D eigenvalue weighted by molar-refractivity contribution is 7.92. The summed E-state index contributed by atoms with van der Waals surface area (Å²) in [4.78, 5) is 27.7. The number of ketones is 1. The summed E-state index contributed by atoms with van der Waals surface area (Å²) < 4.78 is 53.0. The van der Waals surface area contributed by atoms with Gasteiger partial charge >= 0.3 is 6.61 Å². The molecule has 2 aromatic carbocycles. The molecular formula is C24H22F2N2O5S. The maximum atomic E-state index is 13.4. The van der Waals surface area contributed by atoms with E-state index in [1.54, 1.807) is 32.9 Å². The highest BCUT2D eigenvalue weighted by atomic mass is 32.2. The average molecular weight is 489 g/mol. The fourth-order valence-corrected chi connectivity index (χ4v) is 6.99. The Bertz CT molecular complexity index is 1350. The third-order valence-corrected chi connectivity index (χ3v) is 8.49. The minimum Gasteiger partial charge on any atom is -0.435 e. The number of halogens is 2. The average Bonchev–Trinajstić information content (AvgIpc) is 2.91. The van der Waals surface area contributed by atoms with Crippen molar-refractivity contribution in [3.05, 3.63) is 53.1 Å². The molecular weight excluding hydrogens is 466 g/mol. The SMILES string of the molecule is CC1(CC(=O)c2cc(C#N)c3c(c2)C(C)(C)C(=O)N3c2cccc(OC(F)F)c2)CS(=O)(=O)C1. The van der Waals surface area contributed by atoms with Crippen LogP contribution in [0.15, 0.2) is 36.4 Å². The Morgan fingerprint density at radius 3 is 2.47 bits per heavy atom. The predicted molar refractivity (Wildman–Crippen MR) is 120 cm³/mol. The van der Waals surface area contributed by atoms with Crippen molar-refractivity contribution in [3.63, 3.8) is 0 Å². The van der Waals surface area contributed by atoms with Crippen LogP contribution < -0.4 is 9.64 Å². The van der Waals surface area contributed by atoms with Gasteiger partial charge < -0.3 is 4.74 Å². The van der Waals surface area contributed by atoms with Crippen LogP contribution in [0.2, 0.25) is 0 Å². The molecule has 0 aromatic heterocycles. The fraction of sp³-hybridized carbons (Fsp3) is 0.375. The Hall–Kier alpha value is -3.32. The monoisotopic (exact) mass is 488 g/mol. The molecule has 4 rings (SSSR count). The summed E-state index contributed by atoms with van der Waals surface area (Å²) in [5.41, 5.74) is -0.500. The second-order valence-corrected chi connectivity index (χ2v) is 11.7. The van der Waals surface area contributed by atoms with E-state index < -0.39 is 33.2 Å². The normalized spacial score (nSPS) is 19.3. The number of nitriles is 1. The van der Waals surface area contributed by atoms with Gasteiger partial charge in [-0.2, -0.15) is 14.0 Å². The van der Waals surface area contributed by atoms with E-state index in [9.17, 15) is 32.0 Å². The highest BCUT2D eigenvalue weighted by Crippen LogP contribution is 2.48. The van der Waals surface area contributed by atoms with E-state index >= 15 is 0 Å². The van der Waals surface area contributed by atoms with Crippen molar-refractivity contribution >= 4 is 32.9 Å². The summed E-state index contributed by atoms with van der Waals surface area (Å²) in [7, 11) is -3.13. The number of Topliss-reactive ketones (excluding diaryl/α,β-unsaturated/α-hetero) is 1. The molecule has 178 valence electrons. The maximum Gasteiger partial charge on any atom is 0.387 e. The lowest BCUT2D eigenvalue weighted by Crippen LogP contribution is -2.47. The minimum atomic E-state index is -3.13. The molecule has 2 aliphatic heterocycles. The number of sulfone groups is 1. The molecule has 2 aliphatic rings. The highest BCUT2D eigenvalue weighted by Gasteiger charge is 2.48. The number of rotatable bonds is 6. The first-order chi connectivity index (χ1) is 15.8. The Morgan fingerprint density at radius 1 is 1.21 bits per heavy atom. The summed E-state index contributed by atoms with van der Waals surface area (Å²) in [5, 5.41) is 9.86. The van der Waals surface area contributed by atoms with Crippen LogP contribution in [0.1, 0.15) is 48.7 Å². The topological polar surface area (TPSA) is 105 Å². The molecule has 0 aliphatic carbocycles. The van der Waals surface area contributed by atoms with Gasteiger partial charge in [0.1, 0.15) is 11.8 Å². The van der Waals surface area contributed by atoms with Crippen LogP contribution in [0.25, 0.3) is 0 Å². The molecule has 0 radical (unpaired) electrons. The number of benzene rings is 2. The van der Waals surface area contributed by atoms with Crippen molar-refractivity contribution in [2.75, 3.05) is 16.4 Å². The Morgan fingerprint density at radius 2 is 1.88 bits per heavy atom. The lowest BCUT2D eigenvalue weighted by molar-refractivity contribution is -0.121. The summed E-state index contributed by atoms with van der Waals surface area (Å²) in [5.74, 6) is -0.992. The number of hydrogen-bond acceptors (Lipinski definition) is 6. The lowest BCUT2D eigenvalue weighted by Gasteiger charge is -2.37. The van der Waals surface area contributed by atoms with Gasteiger partial charge in [-0.3, -0.25) is 14.5 Å². The van der Waals surface area contributed by atoms with Gasteiger partial charge in [0.2, 0.25) is 5.91 Å². The zero-order valence-electron chi connectivity index (χ0n) is 18.8. The Labute approximate surface area is 195 Å². The van der Waals surface area contributed by atoms with E-state index in [1.807, 2.05) is 6.07 Å². The van der Waals surface area contributed by atoms with E-state index in [2.05, 4.69) is 4.74 Å². The molecule has 0 N–H and O–H groups in total. The number of fused-ring (bicyclic) bond motifs is 1. The first-order valence-corrected chi connectivity index (χ1v) is 12.3. The number of amides is 1. The van der Waals surface area contributed by atoms with Crippen LogP contribution in [0.5, 0.6) is 5.75 Å². The first-order valence-electron chi connectivity index (χ1n) is 10.5. The van der Waals surface area contributed by atoms with Crippen molar-refractivity contribution < 1.29 is 31.5 Å². The zero-order valence-corrected chi connectivity index (χ0v) is 19.6. The van der Waals surface area contributed by atoms with E-state index in [4.69, 9.17) is 0 Å². The van der Waals surface area contributed by atoms with Crippen molar-refractivity contribution in [3.8, 4) is 11.8 Å². The summed E-state index contributed by atoms with van der Waals surface area (Å²) >= 11 is 0. The molecule has 0 atom stereocenters. The maximum absolute atomic E-state index is 13.4. The second-order valence-electron chi connectivity index (χ2n) is 9.62. The van der Waals surface area contributed by atoms with E-state index in [1.165, 1.54) is 29.2 Å². The summed E-state index contributed by atoms with van der Waals surface area (Å²) in [6.45, 7) is 2.00. The first kappa shape index (κ1) is 23.8. The molecule has 1 fully saturated rings. The van der Waals surface area contributed by atoms with Gasteiger partial charge in [0.05, 0.1) is 33.9 Å². The van der Waals surface area contributed by atoms with Crippen LogP contribution in [0.3, 0.4) is 0 Å². The molecule has 10 heteroatoms. The summed E-state index contributed by atoms with van der Waals surface area (Å²) in [6, 6.07) is 10.6. The van der Waals surface area contributed by atoms with Crippen LogP contribution in [-0.2, 0) is 20.0 Å². The lowest BCUT2D eigenvalue weighted by atomic mass is 9.82. The van der Waals surface area contributed by atoms with Crippen LogP contribution >= 0.6 is 0 Å². The predicted octanol–water partition coefficient (Wildman–Crippen LogP) is 4.12. The van der Waals surface area contributed by atoms with Crippen LogP contribution in [0, 0.1) is 16.7 Å². The van der Waals surface area contributed by atoms with Crippen molar-refractivity contribution in [2.24, 2.45) is 5.41 Å². The second kappa shape index (κ2) is 7.87. The zero-order chi connectivity index (χ0) is 25.1. The molecule has 0 spiro atoms. The number of anilines is 2. The molecule has 1 amide bonds. The quantitative estimate of drug-likeness (QED) is 0.567. The van der Waals surface area contributed by atoms with Gasteiger partial charge in [0, 0.05) is 23.5 Å². The molecule has 0 unspecified atom stereocenters. The molecule has 0 bridgehead atoms. The number of ether oxygens (including phenoxy) is 1. The van der Waals surface area contributed by atoms with E-state index in [-0.39, 0.29) is 52.0 Å². The number of carbonyl (C=O) groups excluding carboxylic acids is 2. The fourth-order valence-electron chi connectivity index (χ4n) is 4.75. The number of carbonyl (C=O) groups is 2. The van der Waals surface area contributed by atoms with Gasteiger partial charge in [-0.05, 0) is 43.7 Å². The molecule has 34 heavy (non-hydrogen) atoms. The van der Waals surface area contributed by atoms with Crippen molar-refractivity contribution in [1.29, 1.82) is 5.26 Å². The van der Waals surface area contributed by atoms with E-state index in [0.717, 1.165) is 0 Å². The Kier molecular flexibility index (Phi) is 5.52. The standard InChI is InChI=1S/C24H22F2N2O5S/c1-23(2)18-8-14(19(29)10-24(3)12-34(31,32)13-24)7-15(11-27)20(18)28(21(23)30)16-5-4-6-17(9-16)33-22(25)26/h4-9,22H,10,12-13H2,1-3H3. The number of hydrogen-bond donors (Lipinski definition) is 0. The van der Waals surface area contributed by atoms with Gasteiger partial charge in [-0.15, -0.1) is 0 Å². The van der Waals surface area contributed by atoms with Gasteiger partial charge in [0.15, 0.2) is 15.6 Å². The number of nitrogens with zero attached hydrogens (tertiary/aromatic N) is 2. The molecule has 7 nitrogen and oxygen atoms in total. The minimum absolute atomic E-state index is 0.000979. The van der Waals surface area contributed by atoms with E-state index in [0.29, 0.717) is 5.56 Å². The van der Waals surface area contributed by atoms with Crippen LogP contribution in [-0.4, -0.2) is 38.2 Å². The third-order valence-electron chi connectivity index (χ3n) is 6.21. The van der Waals surface area contributed by atoms with Crippen molar-refractivity contribution in [2.45, 2.75) is 39.2 Å². The molecule has 2 heterocycles. The summed E-state index contributed by atoms with van der Waals surface area (Å²) in [6.07, 6.45) is 0.000979. The smallest absolute Gasteiger partial charge is 0.387 e. The molecule has 2 aromatic rings. The largest absolute Gasteiger partial charge is 0.435 e. The molecule has 1 saturated heterocycles.